The van der Waals surface area contributed by atoms with E-state index in [9.17, 15) is 4.79 Å². The third-order valence-corrected chi connectivity index (χ3v) is 3.83. The van der Waals surface area contributed by atoms with Crippen molar-refractivity contribution in [2.45, 2.75) is 0 Å². The predicted molar refractivity (Wildman–Crippen MR) is 80.9 cm³/mol. The highest BCUT2D eigenvalue weighted by molar-refractivity contribution is 9.10. The summed E-state index contributed by atoms with van der Waals surface area (Å²) >= 11 is 9.47. The molecule has 0 amide bonds. The normalized spacial score (nSPS) is 10.8. The SMILES string of the molecule is O=C(c1cc(Br)ccc1Cl)c1c[nH]c2ccccc12. The van der Waals surface area contributed by atoms with Gasteiger partial charge in [0, 0.05) is 32.7 Å². The van der Waals surface area contributed by atoms with E-state index in [1.165, 1.54) is 0 Å². The maximum atomic E-state index is 12.6. The Hall–Kier alpha value is -1.58. The molecule has 0 aliphatic rings. The Morgan fingerprint density at radius 1 is 1.11 bits per heavy atom. The summed E-state index contributed by atoms with van der Waals surface area (Å²) in [7, 11) is 0. The van der Waals surface area contributed by atoms with Crippen molar-refractivity contribution in [2.75, 3.05) is 0 Å². The van der Waals surface area contributed by atoms with E-state index >= 15 is 0 Å². The Kier molecular flexibility index (Phi) is 3.17. The molecule has 0 bridgehead atoms. The van der Waals surface area contributed by atoms with Crippen molar-refractivity contribution in [1.29, 1.82) is 0 Å². The van der Waals surface area contributed by atoms with E-state index in [1.807, 2.05) is 30.3 Å². The van der Waals surface area contributed by atoms with E-state index in [0.717, 1.165) is 15.4 Å². The number of halogens is 2. The third-order valence-electron chi connectivity index (χ3n) is 3.01. The molecule has 0 aliphatic carbocycles. The number of fused-ring (bicyclic) bond motifs is 1. The Balaban J connectivity index is 2.16. The molecule has 0 fully saturated rings. The number of para-hydroxylation sites is 1. The second kappa shape index (κ2) is 4.83. The van der Waals surface area contributed by atoms with Gasteiger partial charge < -0.3 is 4.98 Å². The van der Waals surface area contributed by atoms with Crippen LogP contribution in [0.3, 0.4) is 0 Å². The summed E-state index contributed by atoms with van der Waals surface area (Å²) in [6.45, 7) is 0. The molecule has 0 atom stereocenters. The van der Waals surface area contributed by atoms with Gasteiger partial charge in [0.25, 0.3) is 0 Å². The molecule has 0 aliphatic heterocycles. The molecule has 1 aromatic heterocycles. The number of benzene rings is 2. The number of carbonyl (C=O) groups excluding carboxylic acids is 1. The fourth-order valence-electron chi connectivity index (χ4n) is 2.08. The second-order valence-corrected chi connectivity index (χ2v) is 5.52. The molecule has 19 heavy (non-hydrogen) atoms. The van der Waals surface area contributed by atoms with Gasteiger partial charge in [-0.25, -0.2) is 0 Å². The van der Waals surface area contributed by atoms with Crippen LogP contribution in [-0.2, 0) is 0 Å². The lowest BCUT2D eigenvalue weighted by atomic mass is 10.0. The molecule has 1 N–H and O–H groups in total. The molecule has 2 aromatic carbocycles. The lowest BCUT2D eigenvalue weighted by Crippen LogP contribution is -2.01. The summed E-state index contributed by atoms with van der Waals surface area (Å²) in [5, 5.41) is 1.36. The van der Waals surface area contributed by atoms with Crippen molar-refractivity contribution >= 4 is 44.2 Å². The van der Waals surface area contributed by atoms with Crippen LogP contribution >= 0.6 is 27.5 Å². The van der Waals surface area contributed by atoms with Gasteiger partial charge in [0.1, 0.15) is 0 Å². The van der Waals surface area contributed by atoms with Crippen molar-refractivity contribution in [2.24, 2.45) is 0 Å². The maximum Gasteiger partial charge on any atom is 0.196 e. The first kappa shape index (κ1) is 12.5. The van der Waals surface area contributed by atoms with Crippen LogP contribution in [0.4, 0.5) is 0 Å². The van der Waals surface area contributed by atoms with Crippen LogP contribution in [0.5, 0.6) is 0 Å². The van der Waals surface area contributed by atoms with Gasteiger partial charge in [0.2, 0.25) is 0 Å². The van der Waals surface area contributed by atoms with E-state index in [-0.39, 0.29) is 5.78 Å². The second-order valence-electron chi connectivity index (χ2n) is 4.20. The van der Waals surface area contributed by atoms with E-state index < -0.39 is 0 Å². The summed E-state index contributed by atoms with van der Waals surface area (Å²) in [5.41, 5.74) is 2.08. The first-order valence-corrected chi connectivity index (χ1v) is 6.90. The van der Waals surface area contributed by atoms with Crippen molar-refractivity contribution in [3.63, 3.8) is 0 Å². The standard InChI is InChI=1S/C15H9BrClNO/c16-9-5-6-13(17)11(7-9)15(19)12-8-18-14-4-2-1-3-10(12)14/h1-8,18H. The molecule has 3 aromatic rings. The van der Waals surface area contributed by atoms with Gasteiger partial charge in [0.05, 0.1) is 5.02 Å². The molecule has 0 spiro atoms. The first-order valence-electron chi connectivity index (χ1n) is 5.72. The Bertz CT molecular complexity index is 779. The summed E-state index contributed by atoms with van der Waals surface area (Å²) in [6, 6.07) is 13.0. The average molecular weight is 335 g/mol. The van der Waals surface area contributed by atoms with Gasteiger partial charge in [0.15, 0.2) is 5.78 Å². The molecule has 0 saturated carbocycles. The van der Waals surface area contributed by atoms with Gasteiger partial charge in [-0.1, -0.05) is 45.7 Å². The topological polar surface area (TPSA) is 32.9 Å². The number of carbonyl (C=O) groups is 1. The fourth-order valence-corrected chi connectivity index (χ4v) is 2.64. The highest BCUT2D eigenvalue weighted by atomic mass is 79.9. The minimum absolute atomic E-state index is 0.0799. The summed E-state index contributed by atoms with van der Waals surface area (Å²) in [6.07, 6.45) is 1.73. The zero-order chi connectivity index (χ0) is 13.4. The largest absolute Gasteiger partial charge is 0.360 e. The highest BCUT2D eigenvalue weighted by Crippen LogP contribution is 2.26. The minimum Gasteiger partial charge on any atom is -0.360 e. The molecule has 4 heteroatoms. The van der Waals surface area contributed by atoms with Crippen LogP contribution in [0.1, 0.15) is 15.9 Å². The van der Waals surface area contributed by atoms with Crippen molar-refractivity contribution in [3.05, 3.63) is 69.3 Å². The Morgan fingerprint density at radius 3 is 2.74 bits per heavy atom. The summed E-state index contributed by atoms with van der Waals surface area (Å²) in [5.74, 6) is -0.0799. The minimum atomic E-state index is -0.0799. The predicted octanol–water partition coefficient (Wildman–Crippen LogP) is 4.81. The van der Waals surface area contributed by atoms with Gasteiger partial charge in [-0.15, -0.1) is 0 Å². The van der Waals surface area contributed by atoms with Crippen LogP contribution < -0.4 is 0 Å². The number of ketones is 1. The number of nitrogens with one attached hydrogen (secondary N) is 1. The molecule has 1 heterocycles. The van der Waals surface area contributed by atoms with Crippen molar-refractivity contribution < 1.29 is 4.79 Å². The average Bonchev–Trinajstić information content (AvgIpc) is 2.84. The Labute approximate surface area is 123 Å². The van der Waals surface area contributed by atoms with E-state index in [1.54, 1.807) is 18.3 Å². The van der Waals surface area contributed by atoms with E-state index in [0.29, 0.717) is 16.1 Å². The molecule has 94 valence electrons. The van der Waals surface area contributed by atoms with Crippen molar-refractivity contribution in [1.82, 2.24) is 4.98 Å². The zero-order valence-corrected chi connectivity index (χ0v) is 12.1. The van der Waals surface area contributed by atoms with E-state index in [4.69, 9.17) is 11.6 Å². The fraction of sp³-hybridized carbons (Fsp3) is 0. The quantitative estimate of drug-likeness (QED) is 0.670. The molecular weight excluding hydrogens is 326 g/mol. The van der Waals surface area contributed by atoms with Gasteiger partial charge in [-0.2, -0.15) is 0 Å². The van der Waals surface area contributed by atoms with Crippen LogP contribution in [0.25, 0.3) is 10.9 Å². The summed E-state index contributed by atoms with van der Waals surface area (Å²) in [4.78, 5) is 15.7. The maximum absolute atomic E-state index is 12.6. The third kappa shape index (κ3) is 2.20. The van der Waals surface area contributed by atoms with Gasteiger partial charge in [-0.3, -0.25) is 4.79 Å². The van der Waals surface area contributed by atoms with Crippen LogP contribution in [0.2, 0.25) is 5.02 Å². The van der Waals surface area contributed by atoms with Crippen LogP contribution in [0.15, 0.2) is 53.1 Å². The highest BCUT2D eigenvalue weighted by Gasteiger charge is 2.16. The molecule has 0 saturated heterocycles. The number of hydrogen-bond acceptors (Lipinski definition) is 1. The molecular formula is C15H9BrClNO. The van der Waals surface area contributed by atoms with Crippen molar-refractivity contribution in [3.8, 4) is 0 Å². The zero-order valence-electron chi connectivity index (χ0n) is 9.78. The first-order chi connectivity index (χ1) is 9.16. The molecule has 0 unspecified atom stereocenters. The lowest BCUT2D eigenvalue weighted by Gasteiger charge is -2.03. The number of aromatic amines is 1. The summed E-state index contributed by atoms with van der Waals surface area (Å²) < 4.78 is 0.833. The monoisotopic (exact) mass is 333 g/mol. The van der Waals surface area contributed by atoms with Gasteiger partial charge in [-0.05, 0) is 24.3 Å². The van der Waals surface area contributed by atoms with Crippen LogP contribution in [-0.4, -0.2) is 10.8 Å². The van der Waals surface area contributed by atoms with Gasteiger partial charge >= 0.3 is 0 Å². The molecule has 2 nitrogen and oxygen atoms in total. The molecule has 3 rings (SSSR count). The Morgan fingerprint density at radius 2 is 1.89 bits per heavy atom. The molecule has 0 radical (unpaired) electrons. The number of H-pyrrole nitrogens is 1. The smallest absolute Gasteiger partial charge is 0.196 e. The number of rotatable bonds is 2. The van der Waals surface area contributed by atoms with Crippen LogP contribution in [0, 0.1) is 0 Å². The number of aromatic nitrogens is 1. The number of hydrogen-bond donors (Lipinski definition) is 1. The lowest BCUT2D eigenvalue weighted by molar-refractivity contribution is 0.104. The van der Waals surface area contributed by atoms with E-state index in [2.05, 4.69) is 20.9 Å².